The monoisotopic (exact) mass is 483 g/mol. The number of halogens is 2. The van der Waals surface area contributed by atoms with Crippen molar-refractivity contribution in [1.29, 1.82) is 0 Å². The van der Waals surface area contributed by atoms with E-state index in [0.29, 0.717) is 16.5 Å². The summed E-state index contributed by atoms with van der Waals surface area (Å²) in [6.45, 7) is 0. The van der Waals surface area contributed by atoms with E-state index in [-0.39, 0.29) is 24.1 Å². The highest BCUT2D eigenvalue weighted by Gasteiger charge is 2.36. The van der Waals surface area contributed by atoms with E-state index in [1.807, 2.05) is 24.3 Å². The number of carbonyl (C=O) groups excluding carboxylic acids is 2. The van der Waals surface area contributed by atoms with Crippen molar-refractivity contribution in [3.63, 3.8) is 0 Å². The smallest absolute Gasteiger partial charge is 0.242 e. The van der Waals surface area contributed by atoms with Gasteiger partial charge in [0.2, 0.25) is 11.8 Å². The standard InChI is InChI=1S/C18H15FIN3O2S/c1-23-17(25)15(10-16(24)21-13-8-4-12(20)5-9-13)26-18(23)22-14-6-2-11(19)3-7-14/h2-9,15H,10H2,1H3,(H,21,24)/t15-/m1/s1. The highest BCUT2D eigenvalue weighted by Crippen LogP contribution is 2.30. The van der Waals surface area contributed by atoms with Crippen molar-refractivity contribution in [2.45, 2.75) is 11.7 Å². The van der Waals surface area contributed by atoms with E-state index in [2.05, 4.69) is 32.9 Å². The number of benzene rings is 2. The quantitative estimate of drug-likeness (QED) is 0.669. The Bertz CT molecular complexity index is 856. The number of amidine groups is 1. The van der Waals surface area contributed by atoms with Crippen LogP contribution in [0, 0.1) is 9.39 Å². The molecular formula is C18H15FIN3O2S. The Morgan fingerprint density at radius 3 is 2.54 bits per heavy atom. The zero-order valence-electron chi connectivity index (χ0n) is 13.8. The van der Waals surface area contributed by atoms with Crippen molar-refractivity contribution in [2.75, 3.05) is 12.4 Å². The number of nitrogens with one attached hydrogen (secondary N) is 1. The average Bonchev–Trinajstić information content (AvgIpc) is 2.87. The summed E-state index contributed by atoms with van der Waals surface area (Å²) in [5, 5.41) is 2.76. The molecule has 5 nitrogen and oxygen atoms in total. The summed E-state index contributed by atoms with van der Waals surface area (Å²) in [7, 11) is 1.62. The number of aliphatic imine (C=N–C) groups is 1. The third-order valence-corrected chi connectivity index (χ3v) is 5.64. The summed E-state index contributed by atoms with van der Waals surface area (Å²) in [5.41, 5.74) is 1.25. The lowest BCUT2D eigenvalue weighted by molar-refractivity contribution is -0.127. The van der Waals surface area contributed by atoms with Crippen LogP contribution in [-0.2, 0) is 9.59 Å². The molecule has 0 spiro atoms. The topological polar surface area (TPSA) is 61.8 Å². The van der Waals surface area contributed by atoms with E-state index in [4.69, 9.17) is 0 Å². The molecule has 0 aromatic heterocycles. The van der Waals surface area contributed by atoms with Crippen molar-refractivity contribution in [2.24, 2.45) is 4.99 Å². The minimum absolute atomic E-state index is 0.0578. The lowest BCUT2D eigenvalue weighted by atomic mass is 10.2. The van der Waals surface area contributed by atoms with Gasteiger partial charge in [0.15, 0.2) is 5.17 Å². The van der Waals surface area contributed by atoms with Crippen LogP contribution < -0.4 is 5.32 Å². The Morgan fingerprint density at radius 2 is 1.88 bits per heavy atom. The summed E-state index contributed by atoms with van der Waals surface area (Å²) in [4.78, 5) is 30.4. The van der Waals surface area contributed by atoms with Crippen LogP contribution in [0.15, 0.2) is 53.5 Å². The fourth-order valence-electron chi connectivity index (χ4n) is 2.34. The molecule has 26 heavy (non-hydrogen) atoms. The second kappa shape index (κ2) is 8.17. The first-order valence-corrected chi connectivity index (χ1v) is 9.72. The van der Waals surface area contributed by atoms with Gasteiger partial charge in [-0.15, -0.1) is 0 Å². The fraction of sp³-hybridized carbons (Fsp3) is 0.167. The zero-order valence-corrected chi connectivity index (χ0v) is 16.8. The number of nitrogens with zero attached hydrogens (tertiary/aromatic N) is 2. The van der Waals surface area contributed by atoms with Crippen molar-refractivity contribution in [1.82, 2.24) is 4.90 Å². The van der Waals surface area contributed by atoms with Gasteiger partial charge in [0.25, 0.3) is 0 Å². The molecule has 2 aromatic carbocycles. The van der Waals surface area contributed by atoms with E-state index >= 15 is 0 Å². The summed E-state index contributed by atoms with van der Waals surface area (Å²) >= 11 is 3.43. The van der Waals surface area contributed by atoms with Gasteiger partial charge in [-0.05, 0) is 71.1 Å². The van der Waals surface area contributed by atoms with Gasteiger partial charge in [-0.2, -0.15) is 0 Å². The van der Waals surface area contributed by atoms with E-state index in [1.54, 1.807) is 7.05 Å². The second-order valence-electron chi connectivity index (χ2n) is 5.63. The number of rotatable bonds is 4. The molecule has 3 rings (SSSR count). The normalized spacial score (nSPS) is 18.4. The summed E-state index contributed by atoms with van der Waals surface area (Å²) in [5.74, 6) is -0.746. The zero-order chi connectivity index (χ0) is 18.7. The van der Waals surface area contributed by atoms with Crippen LogP contribution in [0.25, 0.3) is 0 Å². The van der Waals surface area contributed by atoms with E-state index in [1.165, 1.54) is 40.9 Å². The summed E-state index contributed by atoms with van der Waals surface area (Å²) in [6.07, 6.45) is 0.0578. The minimum Gasteiger partial charge on any atom is -0.326 e. The van der Waals surface area contributed by atoms with Crippen molar-refractivity contribution >= 4 is 62.7 Å². The average molecular weight is 483 g/mol. The Morgan fingerprint density at radius 1 is 1.23 bits per heavy atom. The maximum Gasteiger partial charge on any atom is 0.242 e. The Labute approximate surface area is 168 Å². The van der Waals surface area contributed by atoms with Crippen LogP contribution in [0.4, 0.5) is 15.8 Å². The Hall–Kier alpha value is -1.94. The first-order chi connectivity index (χ1) is 12.4. The molecular weight excluding hydrogens is 468 g/mol. The molecule has 1 aliphatic rings. The van der Waals surface area contributed by atoms with Crippen LogP contribution in [-0.4, -0.2) is 34.2 Å². The number of carbonyl (C=O) groups is 2. The highest BCUT2D eigenvalue weighted by atomic mass is 127. The molecule has 1 N–H and O–H groups in total. The largest absolute Gasteiger partial charge is 0.326 e. The maximum absolute atomic E-state index is 13.0. The molecule has 1 fully saturated rings. The van der Waals surface area contributed by atoms with Gasteiger partial charge in [-0.3, -0.25) is 14.5 Å². The molecule has 1 heterocycles. The van der Waals surface area contributed by atoms with E-state index < -0.39 is 5.25 Å². The first kappa shape index (κ1) is 18.8. The molecule has 0 unspecified atom stereocenters. The van der Waals surface area contributed by atoms with Gasteiger partial charge < -0.3 is 5.32 Å². The van der Waals surface area contributed by atoms with Crippen molar-refractivity contribution in [3.8, 4) is 0 Å². The number of hydrogen-bond donors (Lipinski definition) is 1. The van der Waals surface area contributed by atoms with E-state index in [0.717, 1.165) is 3.57 Å². The molecule has 0 bridgehead atoms. The molecule has 0 saturated carbocycles. The summed E-state index contributed by atoms with van der Waals surface area (Å²) in [6, 6.07) is 13.1. The third-order valence-electron chi connectivity index (χ3n) is 3.69. The molecule has 1 aliphatic heterocycles. The molecule has 134 valence electrons. The molecule has 1 saturated heterocycles. The summed E-state index contributed by atoms with van der Waals surface area (Å²) < 4.78 is 14.1. The van der Waals surface area contributed by atoms with Gasteiger partial charge in [-0.1, -0.05) is 11.8 Å². The van der Waals surface area contributed by atoms with Gasteiger partial charge in [0, 0.05) is 22.7 Å². The Kier molecular flexibility index (Phi) is 5.92. The molecule has 0 radical (unpaired) electrons. The van der Waals surface area contributed by atoms with Gasteiger partial charge >= 0.3 is 0 Å². The van der Waals surface area contributed by atoms with Crippen LogP contribution in [0.3, 0.4) is 0 Å². The molecule has 8 heteroatoms. The van der Waals surface area contributed by atoms with Crippen LogP contribution in [0.2, 0.25) is 0 Å². The number of amides is 2. The molecule has 1 atom stereocenters. The number of hydrogen-bond acceptors (Lipinski definition) is 4. The van der Waals surface area contributed by atoms with Crippen molar-refractivity contribution < 1.29 is 14.0 Å². The fourth-order valence-corrected chi connectivity index (χ4v) is 3.85. The van der Waals surface area contributed by atoms with Crippen LogP contribution >= 0.6 is 34.4 Å². The maximum atomic E-state index is 13.0. The third kappa shape index (κ3) is 4.61. The van der Waals surface area contributed by atoms with Crippen LogP contribution in [0.5, 0.6) is 0 Å². The lowest BCUT2D eigenvalue weighted by Gasteiger charge is -2.09. The predicted molar refractivity (Wildman–Crippen MR) is 110 cm³/mol. The minimum atomic E-state index is -0.525. The Balaban J connectivity index is 1.65. The van der Waals surface area contributed by atoms with Gasteiger partial charge in [0.1, 0.15) is 11.1 Å². The predicted octanol–water partition coefficient (Wildman–Crippen LogP) is 4.02. The van der Waals surface area contributed by atoms with Crippen molar-refractivity contribution in [3.05, 3.63) is 57.9 Å². The second-order valence-corrected chi connectivity index (χ2v) is 8.05. The van der Waals surface area contributed by atoms with E-state index in [9.17, 15) is 14.0 Å². The molecule has 2 amide bonds. The first-order valence-electron chi connectivity index (χ1n) is 7.76. The highest BCUT2D eigenvalue weighted by molar-refractivity contribution is 14.1. The van der Waals surface area contributed by atoms with Gasteiger partial charge in [0.05, 0.1) is 5.69 Å². The molecule has 0 aliphatic carbocycles. The molecule has 2 aromatic rings. The number of anilines is 1. The van der Waals surface area contributed by atoms with Crippen LogP contribution in [0.1, 0.15) is 6.42 Å². The number of thioether (sulfide) groups is 1. The van der Waals surface area contributed by atoms with Gasteiger partial charge in [-0.25, -0.2) is 9.38 Å². The lowest BCUT2D eigenvalue weighted by Crippen LogP contribution is -2.30. The SMILES string of the molecule is CN1C(=O)[C@@H](CC(=O)Nc2ccc(I)cc2)SC1=Nc1ccc(F)cc1.